The number of guanidine groups is 1. The molecule has 0 aromatic carbocycles. The predicted molar refractivity (Wildman–Crippen MR) is 186 cm³/mol. The van der Waals surface area contributed by atoms with Gasteiger partial charge in [0.15, 0.2) is 5.96 Å². The van der Waals surface area contributed by atoms with Crippen LogP contribution in [0.2, 0.25) is 0 Å². The third-order valence-electron chi connectivity index (χ3n) is 13.6. The van der Waals surface area contributed by atoms with Crippen LogP contribution in [-0.4, -0.2) is 59.1 Å². The van der Waals surface area contributed by atoms with Gasteiger partial charge >= 0.3 is 5.69 Å². The van der Waals surface area contributed by atoms with E-state index in [1.165, 1.54) is 81.6 Å². The van der Waals surface area contributed by atoms with E-state index in [4.69, 9.17) is 16.2 Å². The van der Waals surface area contributed by atoms with Gasteiger partial charge in [0.05, 0.1) is 18.7 Å². The molecule has 9 aliphatic rings. The number of aromatic nitrogens is 2. The smallest absolute Gasteiger partial charge is 0.351 e. The van der Waals surface area contributed by atoms with Crippen LogP contribution in [0.1, 0.15) is 108 Å². The molecule has 7 N–H and O–H groups in total. The summed E-state index contributed by atoms with van der Waals surface area (Å²) in [6.45, 7) is 2.97. The average molecular weight is 677 g/mol. The lowest BCUT2D eigenvalue weighted by molar-refractivity contribution is -0.130. The largest absolute Gasteiger partial charge is 0.370 e. The molecule has 1 aromatic rings. The van der Waals surface area contributed by atoms with Crippen LogP contribution in [0, 0.1) is 53.3 Å². The Morgan fingerprint density at radius 3 is 1.94 bits per heavy atom. The number of nitrogens with two attached hydrogens (primary N) is 2. The fourth-order valence-electron chi connectivity index (χ4n) is 12.8. The van der Waals surface area contributed by atoms with Crippen LogP contribution in [0.4, 0.5) is 5.82 Å². The van der Waals surface area contributed by atoms with Gasteiger partial charge in [-0.2, -0.15) is 4.98 Å². The third kappa shape index (κ3) is 6.95. The summed E-state index contributed by atoms with van der Waals surface area (Å²) in [5.74, 6) is 5.36. The highest BCUT2D eigenvalue weighted by atomic mass is 16.5. The highest BCUT2D eigenvalue weighted by Gasteiger charge is 2.53. The Labute approximate surface area is 289 Å². The number of aryl methyl sites for hydroxylation is 1. The van der Waals surface area contributed by atoms with Gasteiger partial charge in [-0.25, -0.2) is 4.79 Å². The standard InChI is InChI=1S/C37H56N8O4/c1-21-20-45(35(48)44-33(21)40-2-3-41-34(38)39)32-10-28(43-31(47)18-37-14-25-7-26(15-37)9-27(8-25)16-37)29(49-32)19-42-30(46)17-36-11-22-4-23(12-36)6-24(5-22)13-36/h20,22-29,32H,2-19H2,1H3,(H,42,46)(H,43,47)(H4,38,39,41)(H,40,44,48)/t22?,23?,24?,25?,26?,27?,28-,29+,32+,36?,37?/m0/s1. The first-order valence-electron chi connectivity index (χ1n) is 19.1. The summed E-state index contributed by atoms with van der Waals surface area (Å²) in [7, 11) is 0. The second kappa shape index (κ2) is 12.9. The summed E-state index contributed by atoms with van der Waals surface area (Å²) in [4.78, 5) is 48.9. The van der Waals surface area contributed by atoms with Gasteiger partial charge < -0.3 is 32.2 Å². The van der Waals surface area contributed by atoms with Crippen molar-refractivity contribution in [3.05, 3.63) is 22.2 Å². The Morgan fingerprint density at radius 2 is 1.41 bits per heavy atom. The van der Waals surface area contributed by atoms with Gasteiger partial charge in [-0.3, -0.25) is 19.1 Å². The minimum absolute atomic E-state index is 0.0124. The molecule has 2 heterocycles. The van der Waals surface area contributed by atoms with Crippen molar-refractivity contribution in [2.24, 2.45) is 62.8 Å². The number of nitrogens with zero attached hydrogens (tertiary/aromatic N) is 3. The van der Waals surface area contributed by atoms with E-state index in [9.17, 15) is 14.4 Å². The number of carbonyl (C=O) groups excluding carboxylic acids is 2. The maximum atomic E-state index is 13.8. The summed E-state index contributed by atoms with van der Waals surface area (Å²) in [6.07, 6.45) is 17.4. The molecule has 268 valence electrons. The van der Waals surface area contributed by atoms with Crippen LogP contribution >= 0.6 is 0 Å². The number of nitrogens with one attached hydrogen (secondary N) is 3. The maximum absolute atomic E-state index is 13.8. The van der Waals surface area contributed by atoms with Gasteiger partial charge in [0.1, 0.15) is 12.0 Å². The summed E-state index contributed by atoms with van der Waals surface area (Å²) >= 11 is 0. The minimum atomic E-state index is -0.607. The third-order valence-corrected chi connectivity index (χ3v) is 13.6. The van der Waals surface area contributed by atoms with E-state index in [0.29, 0.717) is 44.7 Å². The molecule has 9 fully saturated rings. The first kappa shape index (κ1) is 33.0. The SMILES string of the molecule is Cc1cn([C@H]2C[C@H](NC(=O)CC34CC5CC(CC(C5)C3)C4)[C@@H](CNC(=O)CC34CC5CC(CC(C5)C3)C4)O2)c(=O)nc1NCCN=C(N)N. The Balaban J connectivity index is 0.944. The number of carbonyl (C=O) groups is 2. The fraction of sp³-hybridized carbons (Fsp3) is 0.811. The van der Waals surface area contributed by atoms with E-state index in [-0.39, 0.29) is 34.6 Å². The van der Waals surface area contributed by atoms with Gasteiger partial charge in [-0.05, 0) is 130 Å². The van der Waals surface area contributed by atoms with Gasteiger partial charge in [0.25, 0.3) is 0 Å². The van der Waals surface area contributed by atoms with E-state index in [1.807, 2.05) is 6.92 Å². The Bertz CT molecular complexity index is 1460. The molecule has 10 rings (SSSR count). The normalized spacial score (nSPS) is 39.6. The molecular formula is C37H56N8O4. The Hall–Kier alpha value is -3.15. The van der Waals surface area contributed by atoms with Crippen LogP contribution in [0.5, 0.6) is 0 Å². The average Bonchev–Trinajstić information content (AvgIpc) is 3.39. The molecule has 1 aromatic heterocycles. The first-order chi connectivity index (χ1) is 23.5. The lowest BCUT2D eigenvalue weighted by Crippen LogP contribution is -2.51. The van der Waals surface area contributed by atoms with Crippen molar-refractivity contribution in [3.63, 3.8) is 0 Å². The monoisotopic (exact) mass is 676 g/mol. The number of hydrogen-bond acceptors (Lipinski definition) is 7. The summed E-state index contributed by atoms with van der Waals surface area (Å²) in [6, 6.07) is -0.323. The second-order valence-electron chi connectivity index (χ2n) is 17.7. The molecule has 2 amide bonds. The number of hydrogen-bond donors (Lipinski definition) is 5. The number of amides is 2. The minimum Gasteiger partial charge on any atom is -0.370 e. The number of ether oxygens (including phenoxy) is 1. The van der Waals surface area contributed by atoms with Crippen molar-refractivity contribution in [2.75, 3.05) is 25.0 Å². The van der Waals surface area contributed by atoms with Crippen LogP contribution in [0.15, 0.2) is 16.0 Å². The number of aliphatic imine (C=N–C) groups is 1. The number of rotatable bonds is 12. The van der Waals surface area contributed by atoms with E-state index in [0.717, 1.165) is 41.1 Å². The molecule has 12 nitrogen and oxygen atoms in total. The van der Waals surface area contributed by atoms with Crippen molar-refractivity contribution in [1.82, 2.24) is 20.2 Å². The molecule has 3 atom stereocenters. The Morgan fingerprint density at radius 1 is 0.878 bits per heavy atom. The zero-order valence-corrected chi connectivity index (χ0v) is 29.1. The first-order valence-corrected chi connectivity index (χ1v) is 19.1. The van der Waals surface area contributed by atoms with Crippen molar-refractivity contribution in [3.8, 4) is 0 Å². The molecule has 0 unspecified atom stereocenters. The molecule has 8 saturated carbocycles. The molecule has 1 aliphatic heterocycles. The summed E-state index contributed by atoms with van der Waals surface area (Å²) < 4.78 is 8.05. The molecule has 8 bridgehead atoms. The van der Waals surface area contributed by atoms with Crippen molar-refractivity contribution >= 4 is 23.6 Å². The molecular weight excluding hydrogens is 620 g/mol. The van der Waals surface area contributed by atoms with Gasteiger partial charge in [-0.1, -0.05) is 0 Å². The molecule has 12 heteroatoms. The molecule has 0 radical (unpaired) electrons. The van der Waals surface area contributed by atoms with Gasteiger partial charge in [-0.15, -0.1) is 0 Å². The molecule has 8 aliphatic carbocycles. The van der Waals surface area contributed by atoms with Crippen molar-refractivity contribution < 1.29 is 14.3 Å². The summed E-state index contributed by atoms with van der Waals surface area (Å²) in [5.41, 5.74) is 11.5. The zero-order valence-electron chi connectivity index (χ0n) is 29.1. The van der Waals surface area contributed by atoms with Crippen LogP contribution in [0.3, 0.4) is 0 Å². The fourth-order valence-corrected chi connectivity index (χ4v) is 12.8. The van der Waals surface area contributed by atoms with E-state index < -0.39 is 18.0 Å². The highest BCUT2D eigenvalue weighted by Crippen LogP contribution is 2.62. The molecule has 0 spiro atoms. The van der Waals surface area contributed by atoms with Crippen LogP contribution in [-0.2, 0) is 14.3 Å². The predicted octanol–water partition coefficient (Wildman–Crippen LogP) is 3.34. The van der Waals surface area contributed by atoms with Crippen molar-refractivity contribution in [1.29, 1.82) is 0 Å². The highest BCUT2D eigenvalue weighted by molar-refractivity contribution is 5.78. The van der Waals surface area contributed by atoms with Crippen LogP contribution < -0.4 is 33.1 Å². The zero-order chi connectivity index (χ0) is 33.9. The topological polar surface area (TPSA) is 179 Å². The van der Waals surface area contributed by atoms with Gasteiger partial charge in [0.2, 0.25) is 11.8 Å². The van der Waals surface area contributed by atoms with Crippen LogP contribution in [0.25, 0.3) is 0 Å². The summed E-state index contributed by atoms with van der Waals surface area (Å²) in [5, 5.41) is 9.69. The van der Waals surface area contributed by atoms with E-state index >= 15 is 0 Å². The lowest BCUT2D eigenvalue weighted by Gasteiger charge is -2.56. The maximum Gasteiger partial charge on any atom is 0.351 e. The quantitative estimate of drug-likeness (QED) is 0.127. The van der Waals surface area contributed by atoms with E-state index in [2.05, 4.69) is 25.9 Å². The molecule has 49 heavy (non-hydrogen) atoms. The van der Waals surface area contributed by atoms with Crippen molar-refractivity contribution in [2.45, 2.75) is 122 Å². The van der Waals surface area contributed by atoms with E-state index in [1.54, 1.807) is 6.20 Å². The van der Waals surface area contributed by atoms with Gasteiger partial charge in [0, 0.05) is 44.1 Å². The number of anilines is 1. The second-order valence-corrected chi connectivity index (χ2v) is 17.7. The molecule has 1 saturated heterocycles. The Kier molecular flexibility index (Phi) is 8.67. The lowest BCUT2D eigenvalue weighted by atomic mass is 9.49.